The van der Waals surface area contributed by atoms with Crippen molar-refractivity contribution in [3.63, 3.8) is 0 Å². The van der Waals surface area contributed by atoms with Crippen LogP contribution in [0.2, 0.25) is 0 Å². The fraction of sp³-hybridized carbons (Fsp3) is 0.533. The van der Waals surface area contributed by atoms with E-state index in [0.29, 0.717) is 38.5 Å². The lowest BCUT2D eigenvalue weighted by atomic mass is 10.2. The molecule has 1 aromatic rings. The van der Waals surface area contributed by atoms with E-state index in [1.165, 1.54) is 12.1 Å². The van der Waals surface area contributed by atoms with E-state index >= 15 is 0 Å². The predicted molar refractivity (Wildman–Crippen MR) is 74.9 cm³/mol. The number of nitrogens with zero attached hydrogens (tertiary/aromatic N) is 1. The van der Waals surface area contributed by atoms with Crippen LogP contribution in [0.3, 0.4) is 0 Å². The summed E-state index contributed by atoms with van der Waals surface area (Å²) >= 11 is 0. The van der Waals surface area contributed by atoms with Crippen LogP contribution < -0.4 is 10.1 Å². The highest BCUT2D eigenvalue weighted by Crippen LogP contribution is 2.20. The van der Waals surface area contributed by atoms with Gasteiger partial charge in [0.05, 0.1) is 19.3 Å². The molecule has 1 aromatic carbocycles. The van der Waals surface area contributed by atoms with Crippen LogP contribution in [0, 0.1) is 17.1 Å². The first-order chi connectivity index (χ1) is 9.77. The third-order valence-corrected chi connectivity index (χ3v) is 2.76. The molecule has 5 heteroatoms. The van der Waals surface area contributed by atoms with Gasteiger partial charge in [0.25, 0.3) is 0 Å². The topological polar surface area (TPSA) is 54.3 Å². The number of nitrogens with one attached hydrogen (secondary N) is 1. The van der Waals surface area contributed by atoms with Crippen LogP contribution in [-0.4, -0.2) is 26.9 Å². The Kier molecular flexibility index (Phi) is 8.36. The summed E-state index contributed by atoms with van der Waals surface area (Å²) in [6, 6.07) is 6.61. The van der Waals surface area contributed by atoms with Gasteiger partial charge in [-0.05, 0) is 31.0 Å². The first kappa shape index (κ1) is 16.4. The maximum Gasteiger partial charge on any atom is 0.123 e. The Labute approximate surface area is 119 Å². The van der Waals surface area contributed by atoms with Gasteiger partial charge in [-0.1, -0.05) is 0 Å². The molecule has 0 saturated heterocycles. The van der Waals surface area contributed by atoms with E-state index in [1.807, 2.05) is 0 Å². The highest BCUT2D eigenvalue weighted by molar-refractivity contribution is 5.33. The fourth-order valence-electron chi connectivity index (χ4n) is 1.71. The number of nitriles is 1. The average molecular weight is 280 g/mol. The molecule has 0 radical (unpaired) electrons. The van der Waals surface area contributed by atoms with Gasteiger partial charge in [-0.15, -0.1) is 0 Å². The maximum absolute atomic E-state index is 13.3. The monoisotopic (exact) mass is 280 g/mol. The van der Waals surface area contributed by atoms with Gasteiger partial charge in [0.15, 0.2) is 0 Å². The van der Waals surface area contributed by atoms with Crippen LogP contribution in [-0.2, 0) is 11.3 Å². The summed E-state index contributed by atoms with van der Waals surface area (Å²) in [7, 11) is 1.64. The van der Waals surface area contributed by atoms with Crippen molar-refractivity contribution in [2.75, 3.05) is 26.9 Å². The van der Waals surface area contributed by atoms with Gasteiger partial charge >= 0.3 is 0 Å². The molecule has 0 saturated carbocycles. The summed E-state index contributed by atoms with van der Waals surface area (Å²) in [5.74, 6) is 0.415. The number of halogens is 1. The van der Waals surface area contributed by atoms with Crippen LogP contribution in [0.25, 0.3) is 0 Å². The third kappa shape index (κ3) is 6.50. The van der Waals surface area contributed by atoms with Gasteiger partial charge < -0.3 is 14.8 Å². The van der Waals surface area contributed by atoms with E-state index in [9.17, 15) is 4.39 Å². The zero-order chi connectivity index (χ0) is 14.6. The molecule has 0 amide bonds. The van der Waals surface area contributed by atoms with E-state index in [4.69, 9.17) is 14.7 Å². The summed E-state index contributed by atoms with van der Waals surface area (Å²) in [4.78, 5) is 0. The Morgan fingerprint density at radius 1 is 1.30 bits per heavy atom. The van der Waals surface area contributed by atoms with Gasteiger partial charge in [-0.25, -0.2) is 4.39 Å². The molecule has 110 valence electrons. The lowest BCUT2D eigenvalue weighted by Crippen LogP contribution is -2.19. The Bertz CT molecular complexity index is 432. The molecule has 0 bridgehead atoms. The number of rotatable bonds is 10. The Morgan fingerprint density at radius 2 is 2.15 bits per heavy atom. The van der Waals surface area contributed by atoms with Gasteiger partial charge in [0, 0.05) is 32.2 Å². The second-order valence-electron chi connectivity index (χ2n) is 4.39. The van der Waals surface area contributed by atoms with E-state index < -0.39 is 0 Å². The summed E-state index contributed by atoms with van der Waals surface area (Å²) in [6.07, 6.45) is 2.18. The van der Waals surface area contributed by atoms with Crippen LogP contribution in [0.4, 0.5) is 4.39 Å². The normalized spacial score (nSPS) is 10.2. The van der Waals surface area contributed by atoms with Crippen LogP contribution in [0.5, 0.6) is 5.75 Å². The molecule has 0 aromatic heterocycles. The van der Waals surface area contributed by atoms with Crippen molar-refractivity contribution in [3.8, 4) is 11.8 Å². The largest absolute Gasteiger partial charge is 0.493 e. The molecule has 0 heterocycles. The second kappa shape index (κ2) is 10.2. The molecule has 0 aliphatic heterocycles. The smallest absolute Gasteiger partial charge is 0.123 e. The molecule has 0 atom stereocenters. The number of benzene rings is 1. The van der Waals surface area contributed by atoms with Crippen molar-refractivity contribution in [1.29, 1.82) is 5.26 Å². The van der Waals surface area contributed by atoms with Gasteiger partial charge in [0.1, 0.15) is 11.6 Å². The van der Waals surface area contributed by atoms with E-state index in [0.717, 1.165) is 18.4 Å². The van der Waals surface area contributed by atoms with E-state index in [2.05, 4.69) is 11.4 Å². The lowest BCUT2D eigenvalue weighted by molar-refractivity contribution is 0.199. The van der Waals surface area contributed by atoms with Gasteiger partial charge in [-0.3, -0.25) is 0 Å². The SMILES string of the molecule is COCCNCc1cc(F)ccc1OCCCCC#N. The number of ether oxygens (including phenoxy) is 2. The zero-order valence-corrected chi connectivity index (χ0v) is 11.8. The zero-order valence-electron chi connectivity index (χ0n) is 11.8. The Hall–Kier alpha value is -1.64. The minimum absolute atomic E-state index is 0.273. The third-order valence-electron chi connectivity index (χ3n) is 2.76. The quantitative estimate of drug-likeness (QED) is 0.669. The van der Waals surface area contributed by atoms with Crippen molar-refractivity contribution in [2.24, 2.45) is 0 Å². The molecule has 20 heavy (non-hydrogen) atoms. The number of hydrogen-bond donors (Lipinski definition) is 1. The fourth-order valence-corrected chi connectivity index (χ4v) is 1.71. The van der Waals surface area contributed by atoms with Crippen molar-refractivity contribution in [2.45, 2.75) is 25.8 Å². The van der Waals surface area contributed by atoms with Crippen LogP contribution in [0.15, 0.2) is 18.2 Å². The molecule has 0 unspecified atom stereocenters. The predicted octanol–water partition coefficient (Wildman–Crippen LogP) is 2.63. The van der Waals surface area contributed by atoms with Gasteiger partial charge in [0.2, 0.25) is 0 Å². The molecular formula is C15H21FN2O2. The van der Waals surface area contributed by atoms with Crippen molar-refractivity contribution in [3.05, 3.63) is 29.6 Å². The Balaban J connectivity index is 2.45. The summed E-state index contributed by atoms with van der Waals surface area (Å²) < 4.78 is 23.9. The van der Waals surface area contributed by atoms with Crippen molar-refractivity contribution in [1.82, 2.24) is 5.32 Å². The highest BCUT2D eigenvalue weighted by atomic mass is 19.1. The number of methoxy groups -OCH3 is 1. The lowest BCUT2D eigenvalue weighted by Gasteiger charge is -2.12. The molecule has 1 rings (SSSR count). The molecule has 0 aliphatic rings. The van der Waals surface area contributed by atoms with E-state index in [-0.39, 0.29) is 5.82 Å². The maximum atomic E-state index is 13.3. The summed E-state index contributed by atoms with van der Waals surface area (Å²) in [5.41, 5.74) is 0.793. The second-order valence-corrected chi connectivity index (χ2v) is 4.39. The van der Waals surface area contributed by atoms with Crippen molar-refractivity contribution < 1.29 is 13.9 Å². The molecule has 4 nitrogen and oxygen atoms in total. The molecule has 0 fully saturated rings. The van der Waals surface area contributed by atoms with Crippen LogP contribution in [0.1, 0.15) is 24.8 Å². The number of unbranched alkanes of at least 4 members (excludes halogenated alkanes) is 2. The van der Waals surface area contributed by atoms with Crippen molar-refractivity contribution >= 4 is 0 Å². The van der Waals surface area contributed by atoms with Crippen LogP contribution >= 0.6 is 0 Å². The molecule has 0 aliphatic carbocycles. The minimum Gasteiger partial charge on any atom is -0.493 e. The Morgan fingerprint density at radius 3 is 2.90 bits per heavy atom. The first-order valence-electron chi connectivity index (χ1n) is 6.75. The summed E-state index contributed by atoms with van der Waals surface area (Å²) in [6.45, 7) is 2.39. The highest BCUT2D eigenvalue weighted by Gasteiger charge is 2.05. The average Bonchev–Trinajstić information content (AvgIpc) is 2.45. The number of hydrogen-bond acceptors (Lipinski definition) is 4. The molecule has 1 N–H and O–H groups in total. The summed E-state index contributed by atoms with van der Waals surface area (Å²) in [5, 5.41) is 11.6. The first-order valence-corrected chi connectivity index (χ1v) is 6.75. The van der Waals surface area contributed by atoms with Gasteiger partial charge in [-0.2, -0.15) is 5.26 Å². The molecule has 0 spiro atoms. The molecular weight excluding hydrogens is 259 g/mol. The minimum atomic E-state index is -0.273. The van der Waals surface area contributed by atoms with E-state index in [1.54, 1.807) is 13.2 Å². The standard InChI is InChI=1S/C15H21FN2O2/c1-19-10-8-18-12-13-11-14(16)5-6-15(13)20-9-4-2-3-7-17/h5-6,11,18H,2-4,8-10,12H2,1H3.